The van der Waals surface area contributed by atoms with Crippen molar-refractivity contribution >= 4 is 23.6 Å². The van der Waals surface area contributed by atoms with Crippen molar-refractivity contribution in [1.29, 1.82) is 5.26 Å². The molecule has 2 aromatic rings. The van der Waals surface area contributed by atoms with Crippen LogP contribution in [0.3, 0.4) is 0 Å². The standard InChI is InChI=1S/C21H21ClN2O3/c1-15(17-5-4-6-18(22)14-17)24(2)21(25)10-8-16-7-9-19(27-12-11-23)20(13-16)26-3/h4-10,13-15H,12H2,1-3H3/b10-8+. The molecule has 6 heteroatoms. The average Bonchev–Trinajstić information content (AvgIpc) is 2.69. The first-order chi connectivity index (χ1) is 13.0. The third kappa shape index (κ3) is 5.50. The van der Waals surface area contributed by atoms with Crippen molar-refractivity contribution in [1.82, 2.24) is 4.90 Å². The number of carbonyl (C=O) groups is 1. The number of amides is 1. The summed E-state index contributed by atoms with van der Waals surface area (Å²) in [5.74, 6) is 0.848. The minimum Gasteiger partial charge on any atom is -0.493 e. The average molecular weight is 385 g/mol. The summed E-state index contributed by atoms with van der Waals surface area (Å²) in [6, 6.07) is 14.5. The minimum atomic E-state index is -0.133. The van der Waals surface area contributed by atoms with Crippen LogP contribution in [-0.4, -0.2) is 31.6 Å². The molecule has 0 aliphatic carbocycles. The van der Waals surface area contributed by atoms with E-state index in [-0.39, 0.29) is 18.6 Å². The second-order valence-corrected chi connectivity index (χ2v) is 6.31. The van der Waals surface area contributed by atoms with Crippen LogP contribution in [0.1, 0.15) is 24.1 Å². The monoisotopic (exact) mass is 384 g/mol. The van der Waals surface area contributed by atoms with E-state index < -0.39 is 0 Å². The summed E-state index contributed by atoms with van der Waals surface area (Å²) < 4.78 is 10.6. The topological polar surface area (TPSA) is 62.6 Å². The Morgan fingerprint density at radius 1 is 1.30 bits per heavy atom. The molecule has 0 heterocycles. The van der Waals surface area contributed by atoms with Crippen molar-refractivity contribution in [3.05, 3.63) is 64.7 Å². The van der Waals surface area contributed by atoms with Gasteiger partial charge in [0, 0.05) is 18.1 Å². The Morgan fingerprint density at radius 2 is 2.07 bits per heavy atom. The van der Waals surface area contributed by atoms with E-state index in [9.17, 15) is 4.79 Å². The highest BCUT2D eigenvalue weighted by Crippen LogP contribution is 2.28. The second-order valence-electron chi connectivity index (χ2n) is 5.87. The van der Waals surface area contributed by atoms with Gasteiger partial charge in [0.25, 0.3) is 0 Å². The normalized spacial score (nSPS) is 11.7. The molecule has 27 heavy (non-hydrogen) atoms. The molecular weight excluding hydrogens is 364 g/mol. The Labute approximate surface area is 164 Å². The molecule has 0 bridgehead atoms. The lowest BCUT2D eigenvalue weighted by atomic mass is 10.1. The van der Waals surface area contributed by atoms with Gasteiger partial charge in [-0.25, -0.2) is 0 Å². The molecule has 0 N–H and O–H groups in total. The maximum atomic E-state index is 12.5. The first-order valence-corrected chi connectivity index (χ1v) is 8.72. The van der Waals surface area contributed by atoms with Gasteiger partial charge >= 0.3 is 0 Å². The van der Waals surface area contributed by atoms with E-state index in [1.807, 2.05) is 31.2 Å². The molecule has 0 saturated heterocycles. The number of methoxy groups -OCH3 is 1. The summed E-state index contributed by atoms with van der Waals surface area (Å²) in [6.07, 6.45) is 3.21. The van der Waals surface area contributed by atoms with Gasteiger partial charge in [-0.05, 0) is 48.4 Å². The Balaban J connectivity index is 2.10. The first-order valence-electron chi connectivity index (χ1n) is 8.34. The highest BCUT2D eigenvalue weighted by molar-refractivity contribution is 6.30. The van der Waals surface area contributed by atoms with E-state index in [0.29, 0.717) is 16.5 Å². The van der Waals surface area contributed by atoms with E-state index >= 15 is 0 Å². The van der Waals surface area contributed by atoms with E-state index in [1.165, 1.54) is 13.2 Å². The number of nitrogens with zero attached hydrogens (tertiary/aromatic N) is 2. The Bertz CT molecular complexity index is 874. The van der Waals surface area contributed by atoms with Crippen LogP contribution in [0, 0.1) is 11.3 Å². The van der Waals surface area contributed by atoms with Crippen molar-refractivity contribution in [2.24, 2.45) is 0 Å². The van der Waals surface area contributed by atoms with Crippen molar-refractivity contribution in [2.75, 3.05) is 20.8 Å². The quantitative estimate of drug-likeness (QED) is 0.660. The highest BCUT2D eigenvalue weighted by atomic mass is 35.5. The van der Waals surface area contributed by atoms with E-state index in [1.54, 1.807) is 42.3 Å². The number of halogens is 1. The summed E-state index contributed by atoms with van der Waals surface area (Å²) in [6.45, 7) is 1.89. The van der Waals surface area contributed by atoms with Gasteiger partial charge in [-0.2, -0.15) is 5.26 Å². The van der Waals surface area contributed by atoms with Crippen LogP contribution in [-0.2, 0) is 4.79 Å². The SMILES string of the molecule is COc1cc(/C=C/C(=O)N(C)C(C)c2cccc(Cl)c2)ccc1OCC#N. The highest BCUT2D eigenvalue weighted by Gasteiger charge is 2.15. The van der Waals surface area contributed by atoms with Gasteiger partial charge in [-0.3, -0.25) is 4.79 Å². The predicted octanol–water partition coefficient (Wildman–Crippen LogP) is 4.48. The van der Waals surface area contributed by atoms with Crippen LogP contribution in [0.2, 0.25) is 5.02 Å². The van der Waals surface area contributed by atoms with Crippen LogP contribution in [0.25, 0.3) is 6.08 Å². The zero-order chi connectivity index (χ0) is 19.8. The van der Waals surface area contributed by atoms with Gasteiger partial charge in [0.05, 0.1) is 13.2 Å². The lowest BCUT2D eigenvalue weighted by Gasteiger charge is -2.24. The molecule has 0 aliphatic heterocycles. The Kier molecular flexibility index (Phi) is 7.27. The molecule has 0 spiro atoms. The molecular formula is C21H21ClN2O3. The number of hydrogen-bond acceptors (Lipinski definition) is 4. The smallest absolute Gasteiger partial charge is 0.246 e. The van der Waals surface area contributed by atoms with Crippen LogP contribution < -0.4 is 9.47 Å². The third-order valence-corrected chi connectivity index (χ3v) is 4.39. The molecule has 1 atom stereocenters. The maximum absolute atomic E-state index is 12.5. The fraction of sp³-hybridized carbons (Fsp3) is 0.238. The van der Waals surface area contributed by atoms with Crippen molar-refractivity contribution in [2.45, 2.75) is 13.0 Å². The fourth-order valence-electron chi connectivity index (χ4n) is 2.48. The Hall–Kier alpha value is -2.97. The molecule has 0 aliphatic rings. The van der Waals surface area contributed by atoms with Crippen molar-refractivity contribution in [3.63, 3.8) is 0 Å². The lowest BCUT2D eigenvalue weighted by Crippen LogP contribution is -2.27. The summed E-state index contributed by atoms with van der Waals surface area (Å²) in [7, 11) is 3.27. The molecule has 0 saturated carbocycles. The molecule has 2 rings (SSSR count). The molecule has 0 aromatic heterocycles. The minimum absolute atomic E-state index is 0.0593. The van der Waals surface area contributed by atoms with E-state index in [0.717, 1.165) is 11.1 Å². The zero-order valence-electron chi connectivity index (χ0n) is 15.5. The van der Waals surface area contributed by atoms with E-state index in [4.69, 9.17) is 26.3 Å². The summed E-state index contributed by atoms with van der Waals surface area (Å²) in [5.41, 5.74) is 1.75. The fourth-order valence-corrected chi connectivity index (χ4v) is 2.68. The number of hydrogen-bond donors (Lipinski definition) is 0. The van der Waals surface area contributed by atoms with E-state index in [2.05, 4.69) is 0 Å². The third-order valence-electron chi connectivity index (χ3n) is 4.16. The summed E-state index contributed by atoms with van der Waals surface area (Å²) in [5, 5.41) is 9.25. The van der Waals surface area contributed by atoms with Gasteiger partial charge in [0.15, 0.2) is 18.1 Å². The van der Waals surface area contributed by atoms with Gasteiger partial charge in [0.2, 0.25) is 5.91 Å². The number of ether oxygens (including phenoxy) is 2. The van der Waals surface area contributed by atoms with Crippen LogP contribution in [0.4, 0.5) is 0 Å². The molecule has 1 amide bonds. The Morgan fingerprint density at radius 3 is 2.74 bits per heavy atom. The number of rotatable bonds is 7. The first kappa shape index (κ1) is 20.3. The number of nitriles is 1. The van der Waals surface area contributed by atoms with Gasteiger partial charge < -0.3 is 14.4 Å². The number of carbonyl (C=O) groups excluding carboxylic acids is 1. The van der Waals surface area contributed by atoms with Crippen LogP contribution in [0.15, 0.2) is 48.5 Å². The second kappa shape index (κ2) is 9.65. The summed E-state index contributed by atoms with van der Waals surface area (Å²) in [4.78, 5) is 14.1. The number of likely N-dealkylation sites (N-methyl/N-ethyl adjacent to an activating group) is 1. The zero-order valence-corrected chi connectivity index (χ0v) is 16.2. The molecule has 0 fully saturated rings. The summed E-state index contributed by atoms with van der Waals surface area (Å²) >= 11 is 6.03. The maximum Gasteiger partial charge on any atom is 0.246 e. The van der Waals surface area contributed by atoms with Crippen LogP contribution in [0.5, 0.6) is 11.5 Å². The van der Waals surface area contributed by atoms with Crippen molar-refractivity contribution < 1.29 is 14.3 Å². The van der Waals surface area contributed by atoms with Crippen LogP contribution >= 0.6 is 11.6 Å². The molecule has 2 aromatic carbocycles. The molecule has 1 unspecified atom stereocenters. The molecule has 5 nitrogen and oxygen atoms in total. The molecule has 140 valence electrons. The predicted molar refractivity (Wildman–Crippen MR) is 106 cm³/mol. The van der Waals surface area contributed by atoms with Crippen molar-refractivity contribution in [3.8, 4) is 17.6 Å². The lowest BCUT2D eigenvalue weighted by molar-refractivity contribution is -0.126. The molecule has 0 radical (unpaired) electrons. The van der Waals surface area contributed by atoms with Gasteiger partial charge in [-0.15, -0.1) is 0 Å². The largest absolute Gasteiger partial charge is 0.493 e. The van der Waals surface area contributed by atoms with Gasteiger partial charge in [-0.1, -0.05) is 29.8 Å². The van der Waals surface area contributed by atoms with Gasteiger partial charge in [0.1, 0.15) is 6.07 Å². The number of benzene rings is 2.